The number of para-hydroxylation sites is 1. The number of anilines is 1. The quantitative estimate of drug-likeness (QED) is 0.116. The normalized spacial score (nSPS) is 17.7. The highest BCUT2D eigenvalue weighted by Crippen LogP contribution is 2.49. The Balaban J connectivity index is 1.46. The molecule has 4 aromatic rings. The minimum absolute atomic E-state index is 0.00268. The summed E-state index contributed by atoms with van der Waals surface area (Å²) in [5, 5.41) is -0.349. The van der Waals surface area contributed by atoms with E-state index in [1.807, 2.05) is 77.7 Å². The lowest BCUT2D eigenvalue weighted by atomic mass is 9.91. The van der Waals surface area contributed by atoms with Crippen molar-refractivity contribution in [3.63, 3.8) is 0 Å². The van der Waals surface area contributed by atoms with Crippen LogP contribution in [-0.4, -0.2) is 25.2 Å². The van der Waals surface area contributed by atoms with E-state index in [2.05, 4.69) is 55.9 Å². The Bertz CT molecular complexity index is 1560. The summed E-state index contributed by atoms with van der Waals surface area (Å²) in [7, 11) is -2.18. The maximum absolute atomic E-state index is 13.9. The molecule has 1 aliphatic heterocycles. The third-order valence-electron chi connectivity index (χ3n) is 8.52. The van der Waals surface area contributed by atoms with Crippen LogP contribution in [-0.2, 0) is 15.8 Å². The fourth-order valence-electron chi connectivity index (χ4n) is 5.02. The Labute approximate surface area is 274 Å². The van der Waals surface area contributed by atoms with Gasteiger partial charge in [-0.25, -0.2) is 4.39 Å². The number of thioether (sulfide) groups is 1. The molecule has 5 rings (SSSR count). The Hall–Kier alpha value is -2.91. The molecule has 1 saturated heterocycles. The van der Waals surface area contributed by atoms with Gasteiger partial charge in [0.05, 0.1) is 12.1 Å². The number of ether oxygens (including phenoxy) is 1. The molecule has 3 atom stereocenters. The van der Waals surface area contributed by atoms with Crippen LogP contribution in [0.4, 0.5) is 10.1 Å². The van der Waals surface area contributed by atoms with Crippen molar-refractivity contribution in [2.45, 2.75) is 62.9 Å². The average molecular weight is 693 g/mol. The zero-order chi connectivity index (χ0) is 31.5. The lowest BCUT2D eigenvalue weighted by Crippen LogP contribution is -2.58. The minimum Gasteiger partial charge on any atom is -0.489 e. The van der Waals surface area contributed by atoms with E-state index in [-0.39, 0.29) is 34.2 Å². The highest BCUT2D eigenvalue weighted by molar-refractivity contribution is 9.10. The highest BCUT2D eigenvalue weighted by atomic mass is 79.9. The number of rotatable bonds is 11. The van der Waals surface area contributed by atoms with Crippen LogP contribution in [0.25, 0.3) is 0 Å². The summed E-state index contributed by atoms with van der Waals surface area (Å²) in [5.41, 5.74) is 3.79. The second-order valence-electron chi connectivity index (χ2n) is 12.6. The van der Waals surface area contributed by atoms with E-state index >= 15 is 0 Å². The van der Waals surface area contributed by atoms with E-state index < -0.39 is 8.32 Å². The molecule has 0 bridgehead atoms. The molecule has 0 aliphatic carbocycles. The first-order chi connectivity index (χ1) is 20.9. The van der Waals surface area contributed by atoms with Crippen molar-refractivity contribution in [2.24, 2.45) is 0 Å². The number of carbonyl (C=O) groups is 1. The van der Waals surface area contributed by atoms with Crippen LogP contribution in [0.5, 0.6) is 5.75 Å². The van der Waals surface area contributed by atoms with E-state index in [9.17, 15) is 9.18 Å². The van der Waals surface area contributed by atoms with Crippen molar-refractivity contribution in [3.8, 4) is 5.75 Å². The van der Waals surface area contributed by atoms with Gasteiger partial charge in [0.1, 0.15) is 23.4 Å². The largest absolute Gasteiger partial charge is 0.489 e. The predicted octanol–water partition coefficient (Wildman–Crippen LogP) is 10.1. The standard InChI is InChI=1S/C36H39BrFNO3SSi/c1-36(2,3)44(4,5)42-32(26-16-19-28(38)20-17-26)24-43-34-33(39(35(34)40)29-14-10-7-11-15-29)30-21-18-27(37)22-31(30)41-23-25-12-8-6-9-13-25/h6-22,32-34H,23-24H2,1-5H3/t32-,33-,34-/m1/s1. The van der Waals surface area contributed by atoms with Crippen LogP contribution in [0, 0.1) is 5.82 Å². The molecular weight excluding hydrogens is 653 g/mol. The third-order valence-corrected chi connectivity index (χ3v) is 14.8. The number of benzene rings is 4. The van der Waals surface area contributed by atoms with Gasteiger partial charge in [0, 0.05) is 21.5 Å². The third kappa shape index (κ3) is 7.31. The molecule has 4 aromatic carbocycles. The molecule has 1 heterocycles. The molecule has 1 fully saturated rings. The van der Waals surface area contributed by atoms with Crippen LogP contribution in [0.15, 0.2) is 108 Å². The number of nitrogens with zero attached hydrogens (tertiary/aromatic N) is 1. The molecule has 1 aliphatic rings. The van der Waals surface area contributed by atoms with Gasteiger partial charge in [-0.15, -0.1) is 11.8 Å². The monoisotopic (exact) mass is 691 g/mol. The van der Waals surface area contributed by atoms with Gasteiger partial charge >= 0.3 is 0 Å². The van der Waals surface area contributed by atoms with E-state index in [4.69, 9.17) is 9.16 Å². The summed E-state index contributed by atoms with van der Waals surface area (Å²) in [6.45, 7) is 11.5. The summed E-state index contributed by atoms with van der Waals surface area (Å²) in [5.74, 6) is 1.07. The van der Waals surface area contributed by atoms with Crippen molar-refractivity contribution in [2.75, 3.05) is 10.7 Å². The summed E-state index contributed by atoms with van der Waals surface area (Å²) in [6.07, 6.45) is -0.278. The van der Waals surface area contributed by atoms with Crippen molar-refractivity contribution in [1.82, 2.24) is 0 Å². The highest BCUT2D eigenvalue weighted by Gasteiger charge is 2.51. The van der Waals surface area contributed by atoms with Crippen LogP contribution in [0.3, 0.4) is 0 Å². The van der Waals surface area contributed by atoms with Crippen LogP contribution >= 0.6 is 27.7 Å². The molecule has 8 heteroatoms. The number of β-lactam (4-membered cyclic amide) rings is 1. The molecule has 44 heavy (non-hydrogen) atoms. The Morgan fingerprint density at radius 2 is 1.57 bits per heavy atom. The molecule has 0 aromatic heterocycles. The van der Waals surface area contributed by atoms with Crippen molar-refractivity contribution in [1.29, 1.82) is 0 Å². The molecule has 1 amide bonds. The smallest absolute Gasteiger partial charge is 0.243 e. The Morgan fingerprint density at radius 3 is 2.20 bits per heavy atom. The maximum atomic E-state index is 13.9. The van der Waals surface area contributed by atoms with Crippen molar-refractivity contribution in [3.05, 3.63) is 130 Å². The molecule has 0 radical (unpaired) electrons. The molecular formula is C36H39BrFNO3SSi. The van der Waals surface area contributed by atoms with E-state index in [1.54, 1.807) is 23.9 Å². The van der Waals surface area contributed by atoms with Crippen LogP contribution in [0.1, 0.15) is 49.6 Å². The van der Waals surface area contributed by atoms with Gasteiger partial charge in [-0.05, 0) is 65.7 Å². The first-order valence-electron chi connectivity index (χ1n) is 14.8. The zero-order valence-corrected chi connectivity index (χ0v) is 29.2. The van der Waals surface area contributed by atoms with Gasteiger partial charge in [-0.1, -0.05) is 103 Å². The molecule has 0 spiro atoms. The first kappa shape index (κ1) is 32.5. The van der Waals surface area contributed by atoms with Gasteiger partial charge in [0.25, 0.3) is 0 Å². The van der Waals surface area contributed by atoms with Gasteiger partial charge in [0.2, 0.25) is 5.91 Å². The van der Waals surface area contributed by atoms with Gasteiger partial charge < -0.3 is 14.1 Å². The van der Waals surface area contributed by atoms with Gasteiger partial charge in [0.15, 0.2) is 8.32 Å². The van der Waals surface area contributed by atoms with Gasteiger partial charge in [-0.3, -0.25) is 4.79 Å². The van der Waals surface area contributed by atoms with Crippen molar-refractivity contribution >= 4 is 47.6 Å². The van der Waals surface area contributed by atoms with Gasteiger partial charge in [-0.2, -0.15) is 0 Å². The summed E-state index contributed by atoms with van der Waals surface area (Å²) < 4.78 is 28.1. The Morgan fingerprint density at radius 1 is 0.932 bits per heavy atom. The second kappa shape index (κ2) is 13.6. The molecule has 230 valence electrons. The molecule has 0 unspecified atom stereocenters. The number of halogens is 2. The SMILES string of the molecule is CC(C)(C)[Si](C)(C)O[C@H](CS[C@H]1C(=O)N(c2ccccc2)[C@@H]1c1ccc(Br)cc1OCc1ccccc1)c1ccc(F)cc1. The number of carbonyl (C=O) groups excluding carboxylic acids is 1. The number of hydrogen-bond acceptors (Lipinski definition) is 4. The fourth-order valence-corrected chi connectivity index (χ4v) is 8.11. The van der Waals surface area contributed by atoms with E-state index in [0.717, 1.165) is 32.6 Å². The maximum Gasteiger partial charge on any atom is 0.243 e. The minimum atomic E-state index is -2.18. The predicted molar refractivity (Wildman–Crippen MR) is 185 cm³/mol. The Kier molecular flexibility index (Phi) is 10.0. The van der Waals surface area contributed by atoms with Crippen LogP contribution in [0.2, 0.25) is 18.1 Å². The lowest BCUT2D eigenvalue weighted by molar-refractivity contribution is -0.123. The number of hydrogen-bond donors (Lipinski definition) is 0. The second-order valence-corrected chi connectivity index (χ2v) is 19.5. The first-order valence-corrected chi connectivity index (χ1v) is 19.6. The average Bonchev–Trinajstić information content (AvgIpc) is 2.99. The van der Waals surface area contributed by atoms with E-state index in [1.165, 1.54) is 12.1 Å². The zero-order valence-electron chi connectivity index (χ0n) is 25.8. The molecule has 0 saturated carbocycles. The number of amides is 1. The summed E-state index contributed by atoms with van der Waals surface area (Å²) in [6, 6.07) is 32.2. The van der Waals surface area contributed by atoms with Crippen molar-refractivity contribution < 1.29 is 18.3 Å². The topological polar surface area (TPSA) is 38.8 Å². The molecule has 4 nitrogen and oxygen atoms in total. The molecule has 0 N–H and O–H groups in total. The lowest BCUT2D eigenvalue weighted by Gasteiger charge is -2.48. The summed E-state index contributed by atoms with van der Waals surface area (Å²) in [4.78, 5) is 15.8. The summed E-state index contributed by atoms with van der Waals surface area (Å²) >= 11 is 5.22. The van der Waals surface area contributed by atoms with Crippen LogP contribution < -0.4 is 9.64 Å². The fraction of sp³-hybridized carbons (Fsp3) is 0.306. The van der Waals surface area contributed by atoms with E-state index in [0.29, 0.717) is 12.4 Å².